The molecule has 0 unspecified atom stereocenters. The maximum Gasteiger partial charge on any atom is 0.338 e. The van der Waals surface area contributed by atoms with Gasteiger partial charge in [-0.05, 0) is 31.0 Å². The molecule has 0 spiro atoms. The molecule has 1 heterocycles. The van der Waals surface area contributed by atoms with E-state index in [4.69, 9.17) is 27.9 Å². The number of nitrogens with zero attached hydrogens (tertiary/aromatic N) is 1. The van der Waals surface area contributed by atoms with Crippen molar-refractivity contribution in [3.63, 3.8) is 0 Å². The molecular formula is C16H18Cl2N2O3. The molecule has 23 heavy (non-hydrogen) atoms. The molecule has 2 rings (SSSR count). The second kappa shape index (κ2) is 7.23. The fraction of sp³-hybridized carbons (Fsp3) is 0.375. The number of allylic oxidation sites excluding steroid dienone is 1. The summed E-state index contributed by atoms with van der Waals surface area (Å²) in [6, 6.07) is 4.07. The average molecular weight is 357 g/mol. The van der Waals surface area contributed by atoms with Gasteiger partial charge in [-0.1, -0.05) is 36.2 Å². The lowest BCUT2D eigenvalue weighted by atomic mass is 9.95. The van der Waals surface area contributed by atoms with Gasteiger partial charge in [-0.15, -0.1) is 0 Å². The first-order valence-electron chi connectivity index (χ1n) is 7.23. The Balaban J connectivity index is 2.47. The highest BCUT2D eigenvalue weighted by Crippen LogP contribution is 2.33. The van der Waals surface area contributed by atoms with Gasteiger partial charge in [-0.2, -0.15) is 0 Å². The van der Waals surface area contributed by atoms with Crippen LogP contribution in [0.2, 0.25) is 10.0 Å². The molecule has 1 atom stereocenters. The first kappa shape index (κ1) is 17.6. The Bertz CT molecular complexity index is 673. The van der Waals surface area contributed by atoms with Gasteiger partial charge in [0.25, 0.3) is 0 Å². The van der Waals surface area contributed by atoms with Crippen molar-refractivity contribution in [2.45, 2.75) is 26.3 Å². The number of amides is 2. The summed E-state index contributed by atoms with van der Waals surface area (Å²) in [5.41, 5.74) is 1.61. The number of ether oxygens (including phenoxy) is 1. The predicted molar refractivity (Wildman–Crippen MR) is 89.4 cm³/mol. The summed E-state index contributed by atoms with van der Waals surface area (Å²) in [7, 11) is 1.60. The number of esters is 1. The van der Waals surface area contributed by atoms with Crippen molar-refractivity contribution in [2.75, 3.05) is 13.7 Å². The van der Waals surface area contributed by atoms with E-state index in [9.17, 15) is 9.59 Å². The summed E-state index contributed by atoms with van der Waals surface area (Å²) in [4.78, 5) is 25.9. The van der Waals surface area contributed by atoms with E-state index in [1.54, 1.807) is 32.2 Å². The quantitative estimate of drug-likeness (QED) is 0.831. The fourth-order valence-electron chi connectivity index (χ4n) is 2.31. The number of halogens is 2. The minimum absolute atomic E-state index is 0.300. The van der Waals surface area contributed by atoms with Crippen molar-refractivity contribution >= 4 is 35.2 Å². The summed E-state index contributed by atoms with van der Waals surface area (Å²) in [6.45, 7) is 3.95. The van der Waals surface area contributed by atoms with Gasteiger partial charge in [-0.25, -0.2) is 9.59 Å². The van der Waals surface area contributed by atoms with E-state index < -0.39 is 12.0 Å². The molecule has 0 aromatic heterocycles. The number of hydrogen-bond acceptors (Lipinski definition) is 3. The third-order valence-electron chi connectivity index (χ3n) is 3.69. The van der Waals surface area contributed by atoms with Gasteiger partial charge < -0.3 is 15.0 Å². The van der Waals surface area contributed by atoms with Crippen molar-refractivity contribution < 1.29 is 14.3 Å². The van der Waals surface area contributed by atoms with Crippen LogP contribution in [0.4, 0.5) is 4.79 Å². The molecule has 0 bridgehead atoms. The van der Waals surface area contributed by atoms with E-state index in [1.165, 1.54) is 4.90 Å². The molecule has 0 radical (unpaired) electrons. The van der Waals surface area contributed by atoms with Gasteiger partial charge in [-0.3, -0.25) is 0 Å². The molecule has 0 saturated carbocycles. The first-order valence-corrected chi connectivity index (χ1v) is 7.99. The van der Waals surface area contributed by atoms with Crippen LogP contribution in [0, 0.1) is 0 Å². The molecule has 1 aliphatic heterocycles. The molecule has 1 aromatic carbocycles. The Morgan fingerprint density at radius 3 is 2.65 bits per heavy atom. The van der Waals surface area contributed by atoms with Crippen LogP contribution in [-0.4, -0.2) is 30.6 Å². The largest absolute Gasteiger partial charge is 0.462 e. The zero-order valence-electron chi connectivity index (χ0n) is 13.2. The summed E-state index contributed by atoms with van der Waals surface area (Å²) >= 11 is 12.0. The molecule has 0 fully saturated rings. The topological polar surface area (TPSA) is 58.6 Å². The summed E-state index contributed by atoms with van der Waals surface area (Å²) < 4.78 is 5.26. The van der Waals surface area contributed by atoms with Crippen LogP contribution < -0.4 is 5.32 Å². The summed E-state index contributed by atoms with van der Waals surface area (Å²) in [6.07, 6.45) is 0.720. The Morgan fingerprint density at radius 1 is 1.35 bits per heavy atom. The summed E-state index contributed by atoms with van der Waals surface area (Å²) in [5, 5.41) is 3.56. The molecular weight excluding hydrogens is 339 g/mol. The molecule has 1 aromatic rings. The van der Waals surface area contributed by atoms with E-state index in [-0.39, 0.29) is 6.03 Å². The minimum atomic E-state index is -0.627. The Morgan fingerprint density at radius 2 is 2.04 bits per heavy atom. The zero-order chi connectivity index (χ0) is 17.1. The van der Waals surface area contributed by atoms with Crippen molar-refractivity contribution in [2.24, 2.45) is 0 Å². The van der Waals surface area contributed by atoms with Gasteiger partial charge in [0.05, 0.1) is 28.3 Å². The van der Waals surface area contributed by atoms with Crippen molar-refractivity contribution in [3.8, 4) is 0 Å². The Kier molecular flexibility index (Phi) is 5.55. The smallest absolute Gasteiger partial charge is 0.338 e. The Hall–Kier alpha value is -1.72. The number of benzene rings is 1. The number of carbonyl (C=O) groups excluding carboxylic acids is 2. The third kappa shape index (κ3) is 3.62. The minimum Gasteiger partial charge on any atom is -0.462 e. The van der Waals surface area contributed by atoms with Gasteiger partial charge >= 0.3 is 12.0 Å². The second-order valence-corrected chi connectivity index (χ2v) is 6.06. The average Bonchev–Trinajstić information content (AvgIpc) is 2.52. The maximum absolute atomic E-state index is 12.4. The van der Waals surface area contributed by atoms with Crippen molar-refractivity contribution in [3.05, 3.63) is 45.1 Å². The standard InChI is InChI=1S/C16H18Cl2N2O3/c1-4-7-23-15(21)13-9(2)20(3)16(22)19-14(13)10-5-6-11(17)12(18)8-10/h5-6,8,14H,4,7H2,1-3H3,(H,19,22)/t14-/m1/s1. The van der Waals surface area contributed by atoms with E-state index in [0.717, 1.165) is 6.42 Å². The molecule has 124 valence electrons. The van der Waals surface area contributed by atoms with Crippen LogP contribution in [0.1, 0.15) is 31.9 Å². The van der Waals surface area contributed by atoms with Gasteiger partial charge in [0.15, 0.2) is 0 Å². The highest BCUT2D eigenvalue weighted by atomic mass is 35.5. The summed E-state index contributed by atoms with van der Waals surface area (Å²) in [5.74, 6) is -0.452. The number of carbonyl (C=O) groups is 2. The molecule has 0 aliphatic carbocycles. The SMILES string of the molecule is CCCOC(=O)C1=C(C)N(C)C(=O)N[C@@H]1c1ccc(Cl)c(Cl)c1. The van der Waals surface area contributed by atoms with E-state index in [1.807, 2.05) is 6.92 Å². The lowest BCUT2D eigenvalue weighted by Crippen LogP contribution is -2.46. The normalized spacial score (nSPS) is 18.0. The number of urea groups is 1. The Labute approximate surface area is 145 Å². The van der Waals surface area contributed by atoms with E-state index >= 15 is 0 Å². The molecule has 1 N–H and O–H groups in total. The van der Waals surface area contributed by atoms with Crippen molar-refractivity contribution in [1.29, 1.82) is 0 Å². The maximum atomic E-state index is 12.4. The predicted octanol–water partition coefficient (Wildman–Crippen LogP) is 3.92. The first-order chi connectivity index (χ1) is 10.9. The molecule has 1 aliphatic rings. The van der Waals surface area contributed by atoms with Gasteiger partial charge in [0, 0.05) is 12.7 Å². The highest BCUT2D eigenvalue weighted by Gasteiger charge is 2.35. The fourth-order valence-corrected chi connectivity index (χ4v) is 2.62. The van der Waals surface area contributed by atoms with Crippen LogP contribution in [-0.2, 0) is 9.53 Å². The van der Waals surface area contributed by atoms with Crippen LogP contribution in [0.15, 0.2) is 29.5 Å². The molecule has 5 nitrogen and oxygen atoms in total. The third-order valence-corrected chi connectivity index (χ3v) is 4.43. The monoisotopic (exact) mass is 356 g/mol. The number of rotatable bonds is 4. The second-order valence-electron chi connectivity index (χ2n) is 5.25. The van der Waals surface area contributed by atoms with Crippen LogP contribution >= 0.6 is 23.2 Å². The van der Waals surface area contributed by atoms with Crippen LogP contribution in [0.25, 0.3) is 0 Å². The molecule has 7 heteroatoms. The van der Waals surface area contributed by atoms with E-state index in [0.29, 0.717) is 33.5 Å². The number of nitrogens with one attached hydrogen (secondary N) is 1. The van der Waals surface area contributed by atoms with Gasteiger partial charge in [0.2, 0.25) is 0 Å². The lowest BCUT2D eigenvalue weighted by molar-refractivity contribution is -0.139. The van der Waals surface area contributed by atoms with Crippen molar-refractivity contribution in [1.82, 2.24) is 10.2 Å². The number of hydrogen-bond donors (Lipinski definition) is 1. The lowest BCUT2D eigenvalue weighted by Gasteiger charge is -2.33. The molecule has 2 amide bonds. The van der Waals surface area contributed by atoms with Crippen LogP contribution in [0.5, 0.6) is 0 Å². The van der Waals surface area contributed by atoms with Gasteiger partial charge in [0.1, 0.15) is 0 Å². The highest BCUT2D eigenvalue weighted by molar-refractivity contribution is 6.42. The zero-order valence-corrected chi connectivity index (χ0v) is 14.7. The van der Waals surface area contributed by atoms with Crippen LogP contribution in [0.3, 0.4) is 0 Å². The van der Waals surface area contributed by atoms with E-state index in [2.05, 4.69) is 5.32 Å². The molecule has 0 saturated heterocycles.